The normalized spacial score (nSPS) is 10.1. The van der Waals surface area contributed by atoms with Crippen molar-refractivity contribution in [2.24, 2.45) is 0 Å². The molecule has 0 fully saturated rings. The minimum Gasteiger partial charge on any atom is -0.493 e. The molecule has 0 bridgehead atoms. The molecule has 8 nitrogen and oxygen atoms in total. The fourth-order valence-corrected chi connectivity index (χ4v) is 2.57. The van der Waals surface area contributed by atoms with Crippen LogP contribution in [0.15, 0.2) is 36.4 Å². The maximum Gasteiger partial charge on any atom is 0.273 e. The van der Waals surface area contributed by atoms with Crippen LogP contribution >= 0.6 is 0 Å². The molecule has 0 radical (unpaired) electrons. The van der Waals surface area contributed by atoms with E-state index in [0.29, 0.717) is 35.2 Å². The van der Waals surface area contributed by atoms with E-state index < -0.39 is 11.8 Å². The van der Waals surface area contributed by atoms with Crippen LogP contribution in [0.2, 0.25) is 0 Å². The summed E-state index contributed by atoms with van der Waals surface area (Å²) in [7, 11) is 4.38. The molecule has 0 heterocycles. The van der Waals surface area contributed by atoms with Gasteiger partial charge in [0.1, 0.15) is 5.75 Å². The molecule has 2 N–H and O–H groups in total. The van der Waals surface area contributed by atoms with Crippen LogP contribution in [0.5, 0.6) is 23.0 Å². The average molecular weight is 402 g/mol. The van der Waals surface area contributed by atoms with Crippen LogP contribution in [0, 0.1) is 0 Å². The highest BCUT2D eigenvalue weighted by molar-refractivity contribution is 6.01. The second-order valence-electron chi connectivity index (χ2n) is 6.02. The Balaban J connectivity index is 2.10. The SMILES string of the molecule is CCCCOc1ccccc1C(=O)NNC(=O)c1cc(OC)c(OC)c(OC)c1. The molecule has 0 saturated carbocycles. The van der Waals surface area contributed by atoms with Gasteiger partial charge in [0.2, 0.25) is 5.75 Å². The fraction of sp³-hybridized carbons (Fsp3) is 0.333. The van der Waals surface area contributed by atoms with Crippen LogP contribution in [0.3, 0.4) is 0 Å². The second-order valence-corrected chi connectivity index (χ2v) is 6.02. The van der Waals surface area contributed by atoms with E-state index in [1.807, 2.05) is 0 Å². The molecule has 0 saturated heterocycles. The maximum atomic E-state index is 12.5. The summed E-state index contributed by atoms with van der Waals surface area (Å²) in [4.78, 5) is 25.0. The number of hydrogen-bond acceptors (Lipinski definition) is 6. The quantitative estimate of drug-likeness (QED) is 0.495. The number of nitrogens with one attached hydrogen (secondary N) is 2. The third kappa shape index (κ3) is 5.54. The summed E-state index contributed by atoms with van der Waals surface area (Å²) in [5.41, 5.74) is 5.34. The molecule has 2 rings (SSSR count). The molecule has 2 aromatic rings. The van der Waals surface area contributed by atoms with Crippen molar-refractivity contribution in [2.45, 2.75) is 19.8 Å². The van der Waals surface area contributed by atoms with E-state index in [1.54, 1.807) is 24.3 Å². The fourth-order valence-electron chi connectivity index (χ4n) is 2.57. The summed E-state index contributed by atoms with van der Waals surface area (Å²) < 4.78 is 21.4. The van der Waals surface area contributed by atoms with Gasteiger partial charge in [-0.15, -0.1) is 0 Å². The number of methoxy groups -OCH3 is 3. The number of carbonyl (C=O) groups is 2. The van der Waals surface area contributed by atoms with E-state index in [2.05, 4.69) is 17.8 Å². The first-order valence-corrected chi connectivity index (χ1v) is 9.18. The number of amides is 2. The Kier molecular flexibility index (Phi) is 8.14. The Morgan fingerprint density at radius 2 is 1.48 bits per heavy atom. The number of ether oxygens (including phenoxy) is 4. The van der Waals surface area contributed by atoms with Gasteiger partial charge >= 0.3 is 0 Å². The summed E-state index contributed by atoms with van der Waals surface area (Å²) in [6.45, 7) is 2.57. The zero-order chi connectivity index (χ0) is 21.2. The molecule has 2 amide bonds. The predicted octanol–water partition coefficient (Wildman–Crippen LogP) is 2.97. The van der Waals surface area contributed by atoms with Crippen molar-refractivity contribution >= 4 is 11.8 Å². The van der Waals surface area contributed by atoms with Crippen molar-refractivity contribution in [3.8, 4) is 23.0 Å². The molecule has 0 unspecified atom stereocenters. The molecule has 29 heavy (non-hydrogen) atoms. The number of carbonyl (C=O) groups excluding carboxylic acids is 2. The lowest BCUT2D eigenvalue weighted by molar-refractivity contribution is 0.0844. The van der Waals surface area contributed by atoms with Gasteiger partial charge in [0.15, 0.2) is 11.5 Å². The molecule has 2 aromatic carbocycles. The van der Waals surface area contributed by atoms with Crippen LogP contribution in [0.4, 0.5) is 0 Å². The first kappa shape index (κ1) is 21.9. The highest BCUT2D eigenvalue weighted by Crippen LogP contribution is 2.38. The minimum atomic E-state index is -0.540. The Morgan fingerprint density at radius 3 is 2.07 bits per heavy atom. The van der Waals surface area contributed by atoms with Crippen molar-refractivity contribution in [3.05, 3.63) is 47.5 Å². The Labute approximate surface area is 170 Å². The van der Waals surface area contributed by atoms with Crippen LogP contribution in [0.25, 0.3) is 0 Å². The van der Waals surface area contributed by atoms with E-state index in [-0.39, 0.29) is 5.56 Å². The summed E-state index contributed by atoms with van der Waals surface area (Å²) in [5, 5.41) is 0. The summed E-state index contributed by atoms with van der Waals surface area (Å²) in [6.07, 6.45) is 1.87. The van der Waals surface area contributed by atoms with Gasteiger partial charge in [-0.2, -0.15) is 0 Å². The zero-order valence-electron chi connectivity index (χ0n) is 17.0. The molecule has 0 aromatic heterocycles. The molecule has 156 valence electrons. The molecule has 0 aliphatic carbocycles. The van der Waals surface area contributed by atoms with Gasteiger partial charge in [-0.25, -0.2) is 0 Å². The van der Waals surface area contributed by atoms with Gasteiger partial charge in [-0.05, 0) is 30.7 Å². The van der Waals surface area contributed by atoms with Gasteiger partial charge in [-0.1, -0.05) is 25.5 Å². The summed E-state index contributed by atoms with van der Waals surface area (Å²) in [6, 6.07) is 9.83. The number of rotatable bonds is 9. The Morgan fingerprint density at radius 1 is 0.862 bits per heavy atom. The van der Waals surface area contributed by atoms with Crippen molar-refractivity contribution in [3.63, 3.8) is 0 Å². The van der Waals surface area contributed by atoms with E-state index in [4.69, 9.17) is 18.9 Å². The lowest BCUT2D eigenvalue weighted by Gasteiger charge is -2.15. The molecule has 0 spiro atoms. The van der Waals surface area contributed by atoms with Crippen molar-refractivity contribution in [1.82, 2.24) is 10.9 Å². The topological polar surface area (TPSA) is 95.1 Å². The number of para-hydroxylation sites is 1. The predicted molar refractivity (Wildman–Crippen MR) is 108 cm³/mol. The monoisotopic (exact) mass is 402 g/mol. The first-order chi connectivity index (χ1) is 14.0. The maximum absolute atomic E-state index is 12.5. The molecule has 0 aliphatic rings. The van der Waals surface area contributed by atoms with E-state index >= 15 is 0 Å². The largest absolute Gasteiger partial charge is 0.493 e. The molecule has 8 heteroatoms. The minimum absolute atomic E-state index is 0.229. The van der Waals surface area contributed by atoms with Crippen LogP contribution in [-0.2, 0) is 0 Å². The number of hydrogen-bond donors (Lipinski definition) is 2. The van der Waals surface area contributed by atoms with Crippen molar-refractivity contribution in [2.75, 3.05) is 27.9 Å². The molecule has 0 aliphatic heterocycles. The van der Waals surface area contributed by atoms with Crippen LogP contribution in [-0.4, -0.2) is 39.8 Å². The summed E-state index contributed by atoms with van der Waals surface area (Å²) in [5.74, 6) is 0.463. The average Bonchev–Trinajstić information content (AvgIpc) is 2.76. The third-order valence-electron chi connectivity index (χ3n) is 4.10. The van der Waals surface area contributed by atoms with Crippen LogP contribution < -0.4 is 29.8 Å². The lowest BCUT2D eigenvalue weighted by atomic mass is 10.1. The highest BCUT2D eigenvalue weighted by Gasteiger charge is 2.18. The van der Waals surface area contributed by atoms with E-state index in [1.165, 1.54) is 33.5 Å². The molecule has 0 atom stereocenters. The van der Waals surface area contributed by atoms with Gasteiger partial charge < -0.3 is 18.9 Å². The van der Waals surface area contributed by atoms with Crippen molar-refractivity contribution < 1.29 is 28.5 Å². The van der Waals surface area contributed by atoms with Gasteiger partial charge in [0, 0.05) is 5.56 Å². The van der Waals surface area contributed by atoms with Gasteiger partial charge in [0.25, 0.3) is 11.8 Å². The number of benzene rings is 2. The number of hydrazine groups is 1. The third-order valence-corrected chi connectivity index (χ3v) is 4.10. The lowest BCUT2D eigenvalue weighted by Crippen LogP contribution is -2.41. The van der Waals surface area contributed by atoms with Gasteiger partial charge in [-0.3, -0.25) is 20.4 Å². The van der Waals surface area contributed by atoms with E-state index in [9.17, 15) is 9.59 Å². The Hall–Kier alpha value is -3.42. The molecular weight excluding hydrogens is 376 g/mol. The number of unbranched alkanes of at least 4 members (excludes halogenated alkanes) is 1. The second kappa shape index (κ2) is 10.8. The van der Waals surface area contributed by atoms with Crippen molar-refractivity contribution in [1.29, 1.82) is 0 Å². The first-order valence-electron chi connectivity index (χ1n) is 9.18. The Bertz CT molecular complexity index is 828. The smallest absolute Gasteiger partial charge is 0.273 e. The van der Waals surface area contributed by atoms with E-state index in [0.717, 1.165) is 12.8 Å². The summed E-state index contributed by atoms with van der Waals surface area (Å²) >= 11 is 0. The van der Waals surface area contributed by atoms with Gasteiger partial charge in [0.05, 0.1) is 33.5 Å². The standard InChI is InChI=1S/C21H26N2O6/c1-5-6-11-29-16-10-8-7-9-15(16)21(25)23-22-20(24)14-12-17(26-2)19(28-4)18(13-14)27-3/h7-10,12-13H,5-6,11H2,1-4H3,(H,22,24)(H,23,25). The highest BCUT2D eigenvalue weighted by atomic mass is 16.5. The molecular formula is C21H26N2O6. The van der Waals surface area contributed by atoms with Crippen LogP contribution in [0.1, 0.15) is 40.5 Å². The zero-order valence-corrected chi connectivity index (χ0v) is 17.0.